The first-order chi connectivity index (χ1) is 15.5. The Balaban J connectivity index is 1.50. The van der Waals surface area contributed by atoms with E-state index in [1.54, 1.807) is 12.1 Å². The molecular formula is C22H21ClFN5O2S. The summed E-state index contributed by atoms with van der Waals surface area (Å²) in [5.41, 5.74) is 1.86. The van der Waals surface area contributed by atoms with Crippen LogP contribution in [0.15, 0.2) is 53.4 Å². The fourth-order valence-corrected chi connectivity index (χ4v) is 4.20. The van der Waals surface area contributed by atoms with E-state index in [1.807, 2.05) is 18.4 Å². The number of amides is 2. The number of thioether (sulfide) groups is 1. The predicted molar refractivity (Wildman–Crippen MR) is 126 cm³/mol. The second kappa shape index (κ2) is 10.2. The minimum atomic E-state index is -0.428. The van der Waals surface area contributed by atoms with E-state index in [1.165, 1.54) is 36.0 Å². The number of anilines is 3. The monoisotopic (exact) mass is 473 g/mol. The Hall–Kier alpha value is -2.88. The van der Waals surface area contributed by atoms with Gasteiger partial charge in [0.15, 0.2) is 5.82 Å². The molecule has 1 saturated heterocycles. The summed E-state index contributed by atoms with van der Waals surface area (Å²) in [4.78, 5) is 24.4. The molecule has 10 heteroatoms. The normalized spacial score (nSPS) is 13.7. The quantitative estimate of drug-likeness (QED) is 0.394. The third-order valence-electron chi connectivity index (χ3n) is 4.82. The van der Waals surface area contributed by atoms with Crippen molar-refractivity contribution in [1.29, 1.82) is 0 Å². The van der Waals surface area contributed by atoms with Crippen LogP contribution in [0, 0.1) is 5.82 Å². The average Bonchev–Trinajstić information content (AvgIpc) is 2.81. The zero-order valence-corrected chi connectivity index (χ0v) is 18.8. The molecule has 0 spiro atoms. The summed E-state index contributed by atoms with van der Waals surface area (Å²) < 4.78 is 18.4. The van der Waals surface area contributed by atoms with E-state index in [0.29, 0.717) is 35.6 Å². The Kier molecular flexibility index (Phi) is 7.09. The van der Waals surface area contributed by atoms with Crippen LogP contribution >= 0.6 is 23.4 Å². The maximum absolute atomic E-state index is 13.0. The Morgan fingerprint density at radius 1 is 1.03 bits per heavy atom. The van der Waals surface area contributed by atoms with Crippen LogP contribution in [-0.2, 0) is 4.74 Å². The zero-order valence-electron chi connectivity index (χ0n) is 17.3. The fraction of sp³-hybridized carbons (Fsp3) is 0.227. The van der Waals surface area contributed by atoms with Crippen molar-refractivity contribution in [3.63, 3.8) is 0 Å². The summed E-state index contributed by atoms with van der Waals surface area (Å²) in [7, 11) is 0. The highest BCUT2D eigenvalue weighted by molar-refractivity contribution is 7.98. The molecule has 32 heavy (non-hydrogen) atoms. The average molecular weight is 474 g/mol. The number of carbonyl (C=O) groups is 1. The van der Waals surface area contributed by atoms with Gasteiger partial charge in [-0.3, -0.25) is 0 Å². The maximum Gasteiger partial charge on any atom is 0.323 e. The number of nitrogens with one attached hydrogen (secondary N) is 2. The molecule has 1 fully saturated rings. The van der Waals surface area contributed by atoms with Crippen LogP contribution < -0.4 is 15.5 Å². The molecule has 7 nitrogen and oxygen atoms in total. The fourth-order valence-electron chi connectivity index (χ4n) is 3.24. The van der Waals surface area contributed by atoms with Crippen LogP contribution in [0.2, 0.25) is 5.15 Å². The van der Waals surface area contributed by atoms with Crippen molar-refractivity contribution in [3.8, 4) is 11.4 Å². The van der Waals surface area contributed by atoms with E-state index >= 15 is 0 Å². The number of morpholine rings is 1. The molecule has 2 N–H and O–H groups in total. The van der Waals surface area contributed by atoms with Crippen LogP contribution in [0.1, 0.15) is 0 Å². The Morgan fingerprint density at radius 3 is 2.22 bits per heavy atom. The van der Waals surface area contributed by atoms with Crippen molar-refractivity contribution < 1.29 is 13.9 Å². The van der Waals surface area contributed by atoms with Gasteiger partial charge in [-0.25, -0.2) is 19.2 Å². The van der Waals surface area contributed by atoms with Gasteiger partial charge in [0.25, 0.3) is 0 Å². The van der Waals surface area contributed by atoms with Gasteiger partial charge in [-0.05, 0) is 54.8 Å². The first kappa shape index (κ1) is 22.3. The van der Waals surface area contributed by atoms with E-state index in [4.69, 9.17) is 21.3 Å². The van der Waals surface area contributed by atoms with E-state index in [9.17, 15) is 9.18 Å². The summed E-state index contributed by atoms with van der Waals surface area (Å²) in [6, 6.07) is 12.3. The number of hydrogen-bond acceptors (Lipinski definition) is 6. The molecule has 0 aliphatic carbocycles. The summed E-state index contributed by atoms with van der Waals surface area (Å²) in [6.07, 6.45) is 1.95. The second-order valence-electron chi connectivity index (χ2n) is 6.96. The third-order valence-corrected chi connectivity index (χ3v) is 5.99. The van der Waals surface area contributed by atoms with Crippen LogP contribution in [0.3, 0.4) is 0 Å². The number of rotatable bonds is 5. The van der Waals surface area contributed by atoms with Crippen LogP contribution in [0.4, 0.5) is 26.4 Å². The largest absolute Gasteiger partial charge is 0.378 e. The van der Waals surface area contributed by atoms with Crippen molar-refractivity contribution in [2.24, 2.45) is 0 Å². The van der Waals surface area contributed by atoms with E-state index in [0.717, 1.165) is 29.4 Å². The SMILES string of the molecule is CSc1c(Cl)nc(-c2ccc(NC(=O)Nc3ccc(F)cc3)cc2)nc1N1CCOCC1. The molecule has 0 bridgehead atoms. The van der Waals surface area contributed by atoms with Gasteiger partial charge < -0.3 is 20.3 Å². The molecule has 2 aromatic carbocycles. The lowest BCUT2D eigenvalue weighted by Crippen LogP contribution is -2.37. The topological polar surface area (TPSA) is 79.4 Å². The standard InChI is InChI=1S/C22H21ClFN5O2S/c1-32-18-19(23)27-20(28-21(18)29-10-12-31-13-11-29)14-2-6-16(7-3-14)25-22(30)26-17-8-4-15(24)5-9-17/h2-9H,10-13H2,1H3,(H2,25,26,30). The minimum Gasteiger partial charge on any atom is -0.378 e. The number of hydrogen-bond donors (Lipinski definition) is 2. The number of benzene rings is 2. The first-order valence-electron chi connectivity index (χ1n) is 9.92. The zero-order chi connectivity index (χ0) is 22.5. The van der Waals surface area contributed by atoms with E-state index < -0.39 is 6.03 Å². The number of halogens is 2. The minimum absolute atomic E-state index is 0.365. The Bertz CT molecular complexity index is 1090. The Morgan fingerprint density at radius 2 is 1.62 bits per heavy atom. The molecule has 1 aliphatic rings. The molecule has 0 unspecified atom stereocenters. The molecule has 2 amide bonds. The highest BCUT2D eigenvalue weighted by atomic mass is 35.5. The lowest BCUT2D eigenvalue weighted by atomic mass is 10.2. The molecule has 166 valence electrons. The van der Waals surface area contributed by atoms with Crippen LogP contribution in [0.5, 0.6) is 0 Å². The van der Waals surface area contributed by atoms with Crippen LogP contribution in [0.25, 0.3) is 11.4 Å². The lowest BCUT2D eigenvalue weighted by Gasteiger charge is -2.29. The van der Waals surface area contributed by atoms with Crippen LogP contribution in [-0.4, -0.2) is 48.6 Å². The van der Waals surface area contributed by atoms with Crippen molar-refractivity contribution in [2.75, 3.05) is 48.1 Å². The molecule has 3 aromatic rings. The summed E-state index contributed by atoms with van der Waals surface area (Å²) in [5.74, 6) is 0.949. The molecule has 1 aromatic heterocycles. The first-order valence-corrected chi connectivity index (χ1v) is 11.5. The van der Waals surface area contributed by atoms with Crippen molar-refractivity contribution in [3.05, 3.63) is 59.5 Å². The molecule has 2 heterocycles. The predicted octanol–water partition coefficient (Wildman–Crippen LogP) is 5.14. The van der Waals surface area contributed by atoms with Gasteiger partial charge in [-0.2, -0.15) is 0 Å². The van der Waals surface area contributed by atoms with Gasteiger partial charge in [-0.15, -0.1) is 11.8 Å². The Labute approximate surface area is 194 Å². The number of carbonyl (C=O) groups excluding carboxylic acids is 1. The van der Waals surface area contributed by atoms with Crippen molar-refractivity contribution in [1.82, 2.24) is 9.97 Å². The molecule has 0 radical (unpaired) electrons. The lowest BCUT2D eigenvalue weighted by molar-refractivity contribution is 0.122. The van der Waals surface area contributed by atoms with Gasteiger partial charge in [0.2, 0.25) is 0 Å². The highest BCUT2D eigenvalue weighted by Gasteiger charge is 2.21. The van der Waals surface area contributed by atoms with Gasteiger partial charge in [0.1, 0.15) is 16.8 Å². The number of ether oxygens (including phenoxy) is 1. The van der Waals surface area contributed by atoms with E-state index in [2.05, 4.69) is 20.5 Å². The number of nitrogens with zero attached hydrogens (tertiary/aromatic N) is 3. The van der Waals surface area contributed by atoms with E-state index in [-0.39, 0.29) is 5.82 Å². The smallest absolute Gasteiger partial charge is 0.323 e. The molecule has 0 saturated carbocycles. The third kappa shape index (κ3) is 5.29. The highest BCUT2D eigenvalue weighted by Crippen LogP contribution is 2.35. The summed E-state index contributed by atoms with van der Waals surface area (Å²) in [5, 5.41) is 5.80. The van der Waals surface area contributed by atoms with Gasteiger partial charge in [0.05, 0.1) is 18.1 Å². The van der Waals surface area contributed by atoms with Crippen molar-refractivity contribution in [2.45, 2.75) is 4.90 Å². The molecule has 4 rings (SSSR count). The summed E-state index contributed by atoms with van der Waals surface area (Å²) in [6.45, 7) is 2.77. The molecular weight excluding hydrogens is 453 g/mol. The second-order valence-corrected chi connectivity index (χ2v) is 8.13. The van der Waals surface area contributed by atoms with Gasteiger partial charge >= 0.3 is 6.03 Å². The van der Waals surface area contributed by atoms with Crippen molar-refractivity contribution >= 4 is 46.6 Å². The van der Waals surface area contributed by atoms with Gasteiger partial charge in [0, 0.05) is 30.0 Å². The molecule has 1 aliphatic heterocycles. The number of aromatic nitrogens is 2. The maximum atomic E-state index is 13.0. The molecule has 0 atom stereocenters. The summed E-state index contributed by atoms with van der Waals surface area (Å²) >= 11 is 7.99. The number of urea groups is 1. The van der Waals surface area contributed by atoms with Gasteiger partial charge in [-0.1, -0.05) is 11.6 Å².